The lowest BCUT2D eigenvalue weighted by molar-refractivity contribution is -0.384. The van der Waals surface area contributed by atoms with Gasteiger partial charge in [-0.1, -0.05) is 12.1 Å². The standard InChI is InChI=1S/C14H15NO7/c1-21-13(17)12(14(18)22-2)11(7-8-16)9-3-5-10(6-4-9)15(19)20/h3-6,8,11-12H,7H2,1-2H3/t11-/m0/s1. The van der Waals surface area contributed by atoms with Crippen LogP contribution in [0, 0.1) is 16.0 Å². The molecule has 1 aromatic rings. The van der Waals surface area contributed by atoms with Gasteiger partial charge in [-0.05, 0) is 5.56 Å². The summed E-state index contributed by atoms with van der Waals surface area (Å²) in [4.78, 5) is 44.6. The van der Waals surface area contributed by atoms with Gasteiger partial charge in [0.1, 0.15) is 6.29 Å². The fraction of sp³-hybridized carbons (Fsp3) is 0.357. The Morgan fingerprint density at radius 2 is 1.68 bits per heavy atom. The number of nitro benzene ring substituents is 1. The van der Waals surface area contributed by atoms with Gasteiger partial charge >= 0.3 is 11.9 Å². The fourth-order valence-electron chi connectivity index (χ4n) is 2.09. The van der Waals surface area contributed by atoms with E-state index >= 15 is 0 Å². The molecule has 0 radical (unpaired) electrons. The third-order valence-corrected chi connectivity index (χ3v) is 3.19. The van der Waals surface area contributed by atoms with E-state index in [1.807, 2.05) is 0 Å². The Kier molecular flexibility index (Phi) is 6.18. The highest BCUT2D eigenvalue weighted by atomic mass is 16.6. The number of carbonyl (C=O) groups is 3. The first-order valence-electron chi connectivity index (χ1n) is 6.29. The van der Waals surface area contributed by atoms with Crippen LogP contribution in [0.2, 0.25) is 0 Å². The summed E-state index contributed by atoms with van der Waals surface area (Å²) in [6.45, 7) is 0. The normalized spacial score (nSPS) is 11.6. The van der Waals surface area contributed by atoms with Crippen molar-refractivity contribution in [1.29, 1.82) is 0 Å². The Labute approximate surface area is 126 Å². The maximum absolute atomic E-state index is 11.8. The second-order valence-electron chi connectivity index (χ2n) is 4.38. The van der Waals surface area contributed by atoms with E-state index in [9.17, 15) is 24.5 Å². The molecule has 1 atom stereocenters. The Morgan fingerprint density at radius 3 is 2.05 bits per heavy atom. The number of non-ortho nitro benzene ring substituents is 1. The zero-order valence-electron chi connectivity index (χ0n) is 12.1. The van der Waals surface area contributed by atoms with Crippen molar-refractivity contribution in [2.75, 3.05) is 14.2 Å². The summed E-state index contributed by atoms with van der Waals surface area (Å²) in [5, 5.41) is 10.7. The minimum atomic E-state index is -1.32. The maximum Gasteiger partial charge on any atom is 0.320 e. The van der Waals surface area contributed by atoms with Gasteiger partial charge in [0.2, 0.25) is 0 Å². The van der Waals surface area contributed by atoms with Gasteiger partial charge in [-0.25, -0.2) is 0 Å². The van der Waals surface area contributed by atoms with Crippen LogP contribution in [0.3, 0.4) is 0 Å². The summed E-state index contributed by atoms with van der Waals surface area (Å²) in [6.07, 6.45) is 0.428. The van der Waals surface area contributed by atoms with E-state index in [2.05, 4.69) is 9.47 Å². The van der Waals surface area contributed by atoms with Crippen LogP contribution in [0.5, 0.6) is 0 Å². The molecule has 118 valence electrons. The smallest absolute Gasteiger partial charge is 0.320 e. The second kappa shape index (κ2) is 7.87. The molecule has 0 aliphatic rings. The van der Waals surface area contributed by atoms with E-state index in [4.69, 9.17) is 0 Å². The first-order chi connectivity index (χ1) is 10.5. The van der Waals surface area contributed by atoms with E-state index in [0.29, 0.717) is 11.8 Å². The lowest BCUT2D eigenvalue weighted by atomic mass is 9.83. The van der Waals surface area contributed by atoms with Crippen LogP contribution >= 0.6 is 0 Å². The molecule has 0 aliphatic heterocycles. The molecule has 8 nitrogen and oxygen atoms in total. The predicted molar refractivity (Wildman–Crippen MR) is 74.0 cm³/mol. The molecule has 0 spiro atoms. The molecule has 22 heavy (non-hydrogen) atoms. The zero-order chi connectivity index (χ0) is 16.7. The summed E-state index contributed by atoms with van der Waals surface area (Å²) >= 11 is 0. The number of nitrogens with zero attached hydrogens (tertiary/aromatic N) is 1. The topological polar surface area (TPSA) is 113 Å². The minimum Gasteiger partial charge on any atom is -0.468 e. The quantitative estimate of drug-likeness (QED) is 0.245. The van der Waals surface area contributed by atoms with Crippen LogP contribution in [0.15, 0.2) is 24.3 Å². The summed E-state index contributed by atoms with van der Waals surface area (Å²) in [5.41, 5.74) is 0.291. The molecule has 0 heterocycles. The number of benzene rings is 1. The summed E-state index contributed by atoms with van der Waals surface area (Å²) < 4.78 is 9.16. The molecule has 0 N–H and O–H groups in total. The average molecular weight is 309 g/mol. The lowest BCUT2D eigenvalue weighted by Gasteiger charge is -2.21. The highest BCUT2D eigenvalue weighted by molar-refractivity contribution is 5.96. The van der Waals surface area contributed by atoms with Crippen molar-refractivity contribution in [3.8, 4) is 0 Å². The third kappa shape index (κ3) is 3.87. The molecule has 1 aromatic carbocycles. The van der Waals surface area contributed by atoms with Gasteiger partial charge in [-0.2, -0.15) is 0 Å². The number of esters is 2. The molecule has 1 rings (SSSR count). The number of aldehydes is 1. The van der Waals surface area contributed by atoms with Gasteiger partial charge in [0.25, 0.3) is 5.69 Å². The number of hydrogen-bond donors (Lipinski definition) is 0. The summed E-state index contributed by atoms with van der Waals surface area (Å²) in [6, 6.07) is 5.26. The van der Waals surface area contributed by atoms with Crippen LogP contribution in [-0.4, -0.2) is 37.4 Å². The van der Waals surface area contributed by atoms with Crippen molar-refractivity contribution in [3.63, 3.8) is 0 Å². The van der Waals surface area contributed by atoms with Crippen molar-refractivity contribution in [2.24, 2.45) is 5.92 Å². The van der Waals surface area contributed by atoms with Crippen molar-refractivity contribution in [2.45, 2.75) is 12.3 Å². The van der Waals surface area contributed by atoms with Crippen molar-refractivity contribution < 1.29 is 28.8 Å². The van der Waals surface area contributed by atoms with Crippen LogP contribution in [0.4, 0.5) is 5.69 Å². The largest absolute Gasteiger partial charge is 0.468 e. The van der Waals surface area contributed by atoms with Crippen LogP contribution < -0.4 is 0 Å². The van der Waals surface area contributed by atoms with Crippen LogP contribution in [0.25, 0.3) is 0 Å². The number of nitro groups is 1. The molecule has 0 amide bonds. The summed E-state index contributed by atoms with van der Waals surface area (Å²) in [7, 11) is 2.23. The predicted octanol–water partition coefficient (Wildman–Crippen LogP) is 1.23. The van der Waals surface area contributed by atoms with Gasteiger partial charge in [0.05, 0.1) is 19.1 Å². The van der Waals surface area contributed by atoms with Gasteiger partial charge in [-0.15, -0.1) is 0 Å². The fourth-order valence-corrected chi connectivity index (χ4v) is 2.09. The van der Waals surface area contributed by atoms with Crippen LogP contribution in [0.1, 0.15) is 17.9 Å². The number of rotatable bonds is 7. The first kappa shape index (κ1) is 17.3. The van der Waals surface area contributed by atoms with Gasteiger partial charge in [0.15, 0.2) is 5.92 Å². The van der Waals surface area contributed by atoms with Gasteiger partial charge in [0, 0.05) is 24.5 Å². The molecule has 0 fully saturated rings. The highest BCUT2D eigenvalue weighted by Gasteiger charge is 2.37. The second-order valence-corrected chi connectivity index (χ2v) is 4.38. The maximum atomic E-state index is 11.8. The molecule has 0 saturated carbocycles. The molecule has 8 heteroatoms. The minimum absolute atomic E-state index is 0.132. The Hall–Kier alpha value is -2.77. The Morgan fingerprint density at radius 1 is 1.18 bits per heavy atom. The molecular formula is C14H15NO7. The van der Waals surface area contributed by atoms with E-state index in [1.165, 1.54) is 24.3 Å². The number of methoxy groups -OCH3 is 2. The monoisotopic (exact) mass is 309 g/mol. The molecule has 0 saturated heterocycles. The summed E-state index contributed by atoms with van der Waals surface area (Å²) in [5.74, 6) is -3.81. The molecule has 0 aliphatic carbocycles. The number of ether oxygens (including phenoxy) is 2. The lowest BCUT2D eigenvalue weighted by Crippen LogP contribution is -2.32. The zero-order valence-corrected chi connectivity index (χ0v) is 12.1. The van der Waals surface area contributed by atoms with Crippen molar-refractivity contribution >= 4 is 23.9 Å². The highest BCUT2D eigenvalue weighted by Crippen LogP contribution is 2.30. The van der Waals surface area contributed by atoms with Crippen molar-refractivity contribution in [3.05, 3.63) is 39.9 Å². The van der Waals surface area contributed by atoms with E-state index in [1.54, 1.807) is 0 Å². The van der Waals surface area contributed by atoms with E-state index < -0.39 is 28.7 Å². The van der Waals surface area contributed by atoms with E-state index in [-0.39, 0.29) is 12.1 Å². The third-order valence-electron chi connectivity index (χ3n) is 3.19. The number of carbonyl (C=O) groups excluding carboxylic acids is 3. The van der Waals surface area contributed by atoms with Gasteiger partial charge < -0.3 is 14.3 Å². The molecule has 0 unspecified atom stereocenters. The Bertz CT molecular complexity index is 551. The average Bonchev–Trinajstić information content (AvgIpc) is 2.53. The van der Waals surface area contributed by atoms with E-state index in [0.717, 1.165) is 14.2 Å². The molecule has 0 aromatic heterocycles. The van der Waals surface area contributed by atoms with Crippen molar-refractivity contribution in [1.82, 2.24) is 0 Å². The Balaban J connectivity index is 3.23. The van der Waals surface area contributed by atoms with Crippen LogP contribution in [-0.2, 0) is 23.9 Å². The van der Waals surface area contributed by atoms with Gasteiger partial charge in [-0.3, -0.25) is 19.7 Å². The molecule has 0 bridgehead atoms. The number of hydrogen-bond acceptors (Lipinski definition) is 7. The SMILES string of the molecule is COC(=O)C(C(=O)OC)[C@@H](CC=O)c1ccc([N+](=O)[O-])cc1. The first-order valence-corrected chi connectivity index (χ1v) is 6.29. The molecular weight excluding hydrogens is 294 g/mol.